The molecular formula is C15H21N3O. The van der Waals surface area contributed by atoms with Crippen LogP contribution in [0, 0.1) is 0 Å². The van der Waals surface area contributed by atoms with Crippen LogP contribution in [0.25, 0.3) is 5.65 Å². The maximum atomic E-state index is 5.39. The van der Waals surface area contributed by atoms with E-state index in [2.05, 4.69) is 24.9 Å². The molecule has 0 aromatic carbocycles. The Morgan fingerprint density at radius 3 is 2.95 bits per heavy atom. The normalized spacial score (nSPS) is 20.5. The molecule has 4 heteroatoms. The van der Waals surface area contributed by atoms with Gasteiger partial charge in [0.2, 0.25) is 0 Å². The highest BCUT2D eigenvalue weighted by Crippen LogP contribution is 2.33. The summed E-state index contributed by atoms with van der Waals surface area (Å²) in [5, 5.41) is 0. The van der Waals surface area contributed by atoms with E-state index in [1.54, 1.807) is 7.11 Å². The predicted octanol–water partition coefficient (Wildman–Crippen LogP) is 2.89. The van der Waals surface area contributed by atoms with Crippen molar-refractivity contribution in [1.29, 1.82) is 0 Å². The molecular weight excluding hydrogens is 238 g/mol. The van der Waals surface area contributed by atoms with E-state index in [1.165, 1.54) is 19.4 Å². The molecule has 1 unspecified atom stereocenters. The Morgan fingerprint density at radius 1 is 1.37 bits per heavy atom. The average Bonchev–Trinajstić information content (AvgIpc) is 3.03. The van der Waals surface area contributed by atoms with Crippen LogP contribution in [-0.2, 0) is 0 Å². The zero-order valence-corrected chi connectivity index (χ0v) is 11.8. The summed E-state index contributed by atoms with van der Waals surface area (Å²) in [6.07, 6.45) is 4.58. The zero-order valence-electron chi connectivity index (χ0n) is 11.8. The Bertz CT molecular complexity index is 576. The summed E-state index contributed by atoms with van der Waals surface area (Å²) in [6, 6.07) is 7.00. The Morgan fingerprint density at radius 2 is 2.21 bits per heavy atom. The van der Waals surface area contributed by atoms with Crippen LogP contribution >= 0.6 is 0 Å². The fraction of sp³-hybridized carbons (Fsp3) is 0.533. The number of ether oxygens (including phenoxy) is 1. The van der Waals surface area contributed by atoms with Gasteiger partial charge in [0, 0.05) is 12.2 Å². The zero-order chi connectivity index (χ0) is 13.4. The van der Waals surface area contributed by atoms with Gasteiger partial charge in [0.05, 0.1) is 18.8 Å². The Hall–Kier alpha value is -1.55. The molecule has 0 bridgehead atoms. The minimum atomic E-state index is 0.449. The number of methoxy groups -OCH3 is 1. The van der Waals surface area contributed by atoms with E-state index in [0.29, 0.717) is 12.1 Å². The topological polar surface area (TPSA) is 29.8 Å². The number of fused-ring (bicyclic) bond motifs is 1. The maximum Gasteiger partial charge on any atom is 0.198 e. The number of imidazole rings is 1. The summed E-state index contributed by atoms with van der Waals surface area (Å²) in [4.78, 5) is 7.31. The lowest BCUT2D eigenvalue weighted by molar-refractivity contribution is 0.202. The highest BCUT2D eigenvalue weighted by molar-refractivity contribution is 5.44. The predicted molar refractivity (Wildman–Crippen MR) is 75.6 cm³/mol. The van der Waals surface area contributed by atoms with Crippen molar-refractivity contribution in [3.63, 3.8) is 0 Å². The third kappa shape index (κ3) is 2.10. The molecule has 0 spiro atoms. The van der Waals surface area contributed by atoms with Crippen molar-refractivity contribution in [2.24, 2.45) is 0 Å². The van der Waals surface area contributed by atoms with E-state index in [-0.39, 0.29) is 0 Å². The standard InChI is InChI=1S/C15H21N3O/c1-11(2)17-9-5-6-13(17)12-10-18-14(16-12)7-4-8-15(18)19-3/h4,7-8,10-11,13H,5-6,9H2,1-3H3. The largest absolute Gasteiger partial charge is 0.482 e. The summed E-state index contributed by atoms with van der Waals surface area (Å²) >= 11 is 0. The number of likely N-dealkylation sites (tertiary alicyclic amines) is 1. The van der Waals surface area contributed by atoms with Crippen molar-refractivity contribution in [2.75, 3.05) is 13.7 Å². The highest BCUT2D eigenvalue weighted by atomic mass is 16.5. The van der Waals surface area contributed by atoms with Gasteiger partial charge in [-0.2, -0.15) is 0 Å². The average molecular weight is 259 g/mol. The fourth-order valence-corrected chi connectivity index (χ4v) is 3.06. The minimum absolute atomic E-state index is 0.449. The van der Waals surface area contributed by atoms with E-state index in [9.17, 15) is 0 Å². The Labute approximate surface area is 114 Å². The second kappa shape index (κ2) is 4.85. The molecule has 3 rings (SSSR count). The molecule has 0 amide bonds. The van der Waals surface area contributed by atoms with Gasteiger partial charge in [-0.3, -0.25) is 9.30 Å². The smallest absolute Gasteiger partial charge is 0.198 e. The van der Waals surface area contributed by atoms with Gasteiger partial charge in [0.1, 0.15) is 5.65 Å². The Kier molecular flexibility index (Phi) is 3.19. The lowest BCUT2D eigenvalue weighted by atomic mass is 10.1. The second-order valence-corrected chi connectivity index (χ2v) is 5.45. The minimum Gasteiger partial charge on any atom is -0.482 e. The van der Waals surface area contributed by atoms with Crippen LogP contribution in [0.5, 0.6) is 5.88 Å². The van der Waals surface area contributed by atoms with Crippen molar-refractivity contribution in [2.45, 2.75) is 38.8 Å². The Balaban J connectivity index is 2.01. The summed E-state index contributed by atoms with van der Waals surface area (Å²) in [7, 11) is 1.70. The van der Waals surface area contributed by atoms with Gasteiger partial charge in [-0.25, -0.2) is 4.98 Å². The molecule has 4 nitrogen and oxygen atoms in total. The van der Waals surface area contributed by atoms with Crippen LogP contribution in [0.1, 0.15) is 38.4 Å². The van der Waals surface area contributed by atoms with Crippen LogP contribution < -0.4 is 4.74 Å². The molecule has 102 valence electrons. The number of rotatable bonds is 3. The molecule has 1 saturated heterocycles. The second-order valence-electron chi connectivity index (χ2n) is 5.45. The molecule has 0 saturated carbocycles. The van der Waals surface area contributed by atoms with Crippen LogP contribution in [0.15, 0.2) is 24.4 Å². The highest BCUT2D eigenvalue weighted by Gasteiger charge is 2.29. The summed E-state index contributed by atoms with van der Waals surface area (Å²) in [6.45, 7) is 5.69. The third-order valence-electron chi connectivity index (χ3n) is 3.98. The van der Waals surface area contributed by atoms with Gasteiger partial charge in [-0.1, -0.05) is 6.07 Å². The van der Waals surface area contributed by atoms with Crippen molar-refractivity contribution in [3.8, 4) is 5.88 Å². The molecule has 2 aromatic rings. The van der Waals surface area contributed by atoms with Crippen LogP contribution in [0.4, 0.5) is 0 Å². The van der Waals surface area contributed by atoms with E-state index in [1.807, 2.05) is 22.6 Å². The first-order valence-electron chi connectivity index (χ1n) is 6.98. The summed E-state index contributed by atoms with van der Waals surface area (Å²) < 4.78 is 7.42. The molecule has 0 radical (unpaired) electrons. The van der Waals surface area contributed by atoms with Crippen LogP contribution in [-0.4, -0.2) is 34.0 Å². The third-order valence-corrected chi connectivity index (χ3v) is 3.98. The monoisotopic (exact) mass is 259 g/mol. The molecule has 0 N–H and O–H groups in total. The van der Waals surface area contributed by atoms with Crippen molar-refractivity contribution < 1.29 is 4.74 Å². The molecule has 2 aromatic heterocycles. The van der Waals surface area contributed by atoms with E-state index in [4.69, 9.17) is 9.72 Å². The van der Waals surface area contributed by atoms with Crippen LogP contribution in [0.2, 0.25) is 0 Å². The summed E-state index contributed by atoms with van der Waals surface area (Å²) in [5.74, 6) is 0.838. The maximum absolute atomic E-state index is 5.39. The molecule has 3 heterocycles. The first-order valence-corrected chi connectivity index (χ1v) is 6.98. The van der Waals surface area contributed by atoms with E-state index >= 15 is 0 Å². The van der Waals surface area contributed by atoms with Gasteiger partial charge in [-0.05, 0) is 45.4 Å². The van der Waals surface area contributed by atoms with Gasteiger partial charge in [0.15, 0.2) is 5.88 Å². The number of hydrogen-bond donors (Lipinski definition) is 0. The molecule has 19 heavy (non-hydrogen) atoms. The van der Waals surface area contributed by atoms with Crippen molar-refractivity contribution in [1.82, 2.24) is 14.3 Å². The van der Waals surface area contributed by atoms with E-state index in [0.717, 1.165) is 17.2 Å². The SMILES string of the molecule is COc1cccc2nc(C3CCCN3C(C)C)cn12. The van der Waals surface area contributed by atoms with Crippen molar-refractivity contribution >= 4 is 5.65 Å². The molecule has 0 aliphatic carbocycles. The quantitative estimate of drug-likeness (QED) is 0.849. The van der Waals surface area contributed by atoms with Gasteiger partial charge in [0.25, 0.3) is 0 Å². The lowest BCUT2D eigenvalue weighted by Gasteiger charge is -2.26. The van der Waals surface area contributed by atoms with Gasteiger partial charge in [-0.15, -0.1) is 0 Å². The van der Waals surface area contributed by atoms with Gasteiger partial charge < -0.3 is 4.74 Å². The first kappa shape index (κ1) is 12.5. The number of aromatic nitrogens is 2. The van der Waals surface area contributed by atoms with Crippen LogP contribution in [0.3, 0.4) is 0 Å². The fourth-order valence-electron chi connectivity index (χ4n) is 3.06. The first-order chi connectivity index (χ1) is 9.20. The molecule has 1 aliphatic heterocycles. The lowest BCUT2D eigenvalue weighted by Crippen LogP contribution is -2.30. The van der Waals surface area contributed by atoms with Gasteiger partial charge >= 0.3 is 0 Å². The molecule has 1 aliphatic rings. The number of pyridine rings is 1. The number of hydrogen-bond acceptors (Lipinski definition) is 3. The van der Waals surface area contributed by atoms with E-state index < -0.39 is 0 Å². The van der Waals surface area contributed by atoms with Crippen molar-refractivity contribution in [3.05, 3.63) is 30.1 Å². The molecule has 1 fully saturated rings. The number of nitrogens with zero attached hydrogens (tertiary/aromatic N) is 3. The summed E-state index contributed by atoms with van der Waals surface area (Å²) in [5.41, 5.74) is 2.13. The molecule has 1 atom stereocenters.